The summed E-state index contributed by atoms with van der Waals surface area (Å²) in [5.41, 5.74) is 1.38. The van der Waals surface area contributed by atoms with E-state index in [1.54, 1.807) is 0 Å². The van der Waals surface area contributed by atoms with E-state index in [0.29, 0.717) is 5.92 Å². The van der Waals surface area contributed by atoms with Gasteiger partial charge in [-0.25, -0.2) is 0 Å². The molecule has 0 aromatic heterocycles. The monoisotopic (exact) mass is 137 g/mol. The van der Waals surface area contributed by atoms with Crippen LogP contribution >= 0.6 is 0 Å². The molecule has 1 N–H and O–H groups in total. The number of amides is 1. The lowest BCUT2D eigenvalue weighted by Gasteiger charge is -1.93. The van der Waals surface area contributed by atoms with Crippen molar-refractivity contribution in [1.29, 1.82) is 0 Å². The zero-order chi connectivity index (χ0) is 6.97. The van der Waals surface area contributed by atoms with E-state index in [0.717, 1.165) is 12.8 Å². The van der Waals surface area contributed by atoms with E-state index in [4.69, 9.17) is 0 Å². The van der Waals surface area contributed by atoms with Gasteiger partial charge in [0, 0.05) is 12.1 Å². The molecule has 2 saturated carbocycles. The van der Waals surface area contributed by atoms with Crippen LogP contribution in [0.3, 0.4) is 0 Å². The first-order valence-electron chi connectivity index (χ1n) is 3.84. The third-order valence-electron chi connectivity index (χ3n) is 1.91. The van der Waals surface area contributed by atoms with Crippen molar-refractivity contribution in [3.63, 3.8) is 0 Å². The van der Waals surface area contributed by atoms with E-state index in [2.05, 4.69) is 5.32 Å². The first-order chi connectivity index (χ1) is 4.86. The fourth-order valence-electron chi connectivity index (χ4n) is 0.853. The van der Waals surface area contributed by atoms with Gasteiger partial charge in [0.25, 0.3) is 0 Å². The molecule has 0 atom stereocenters. The summed E-state index contributed by atoms with van der Waals surface area (Å²) < 4.78 is 0. The van der Waals surface area contributed by atoms with Crippen LogP contribution in [0.4, 0.5) is 0 Å². The average molecular weight is 137 g/mol. The zero-order valence-corrected chi connectivity index (χ0v) is 5.89. The van der Waals surface area contributed by atoms with Crippen molar-refractivity contribution >= 4 is 5.91 Å². The maximum absolute atomic E-state index is 11.0. The predicted molar refractivity (Wildman–Crippen MR) is 38.2 cm³/mol. The Bertz CT molecular complexity index is 185. The van der Waals surface area contributed by atoms with E-state index in [1.807, 2.05) is 6.20 Å². The Kier molecular flexibility index (Phi) is 1.26. The van der Waals surface area contributed by atoms with Gasteiger partial charge in [0.15, 0.2) is 0 Å². The molecule has 1 amide bonds. The highest BCUT2D eigenvalue weighted by Crippen LogP contribution is 2.30. The van der Waals surface area contributed by atoms with Crippen LogP contribution < -0.4 is 5.32 Å². The summed E-state index contributed by atoms with van der Waals surface area (Å²) in [6.45, 7) is 0. The Morgan fingerprint density at radius 3 is 2.70 bits per heavy atom. The van der Waals surface area contributed by atoms with E-state index in [9.17, 15) is 4.79 Å². The second-order valence-electron chi connectivity index (χ2n) is 3.09. The second-order valence-corrected chi connectivity index (χ2v) is 3.09. The number of hydrogen-bond donors (Lipinski definition) is 1. The lowest BCUT2D eigenvalue weighted by Crippen LogP contribution is -2.18. The fourth-order valence-corrected chi connectivity index (χ4v) is 0.853. The van der Waals surface area contributed by atoms with Gasteiger partial charge in [0.1, 0.15) is 0 Å². The average Bonchev–Trinajstić information content (AvgIpc) is 2.76. The molecule has 10 heavy (non-hydrogen) atoms. The third kappa shape index (κ3) is 1.38. The Morgan fingerprint density at radius 1 is 1.50 bits per heavy atom. The van der Waals surface area contributed by atoms with Crippen LogP contribution in [0.25, 0.3) is 0 Å². The lowest BCUT2D eigenvalue weighted by molar-refractivity contribution is -0.121. The Balaban J connectivity index is 1.77. The summed E-state index contributed by atoms with van der Waals surface area (Å²) in [7, 11) is 0. The van der Waals surface area contributed by atoms with Crippen LogP contribution in [0.5, 0.6) is 0 Å². The van der Waals surface area contributed by atoms with Crippen LogP contribution in [-0.4, -0.2) is 5.91 Å². The number of rotatable bonds is 2. The molecule has 0 aromatic carbocycles. The number of hydrogen-bond acceptors (Lipinski definition) is 1. The first kappa shape index (κ1) is 5.96. The van der Waals surface area contributed by atoms with Gasteiger partial charge >= 0.3 is 0 Å². The van der Waals surface area contributed by atoms with Crippen LogP contribution in [0.2, 0.25) is 0 Å². The normalized spacial score (nSPS) is 22.2. The van der Waals surface area contributed by atoms with Crippen molar-refractivity contribution in [2.24, 2.45) is 5.92 Å². The fraction of sp³-hybridized carbons (Fsp3) is 0.625. The van der Waals surface area contributed by atoms with Gasteiger partial charge in [0.2, 0.25) is 5.91 Å². The molecule has 2 fully saturated rings. The van der Waals surface area contributed by atoms with Crippen LogP contribution in [-0.2, 0) is 4.79 Å². The van der Waals surface area contributed by atoms with Crippen molar-refractivity contribution in [3.05, 3.63) is 11.8 Å². The lowest BCUT2D eigenvalue weighted by atomic mass is 10.4. The van der Waals surface area contributed by atoms with Gasteiger partial charge in [-0.2, -0.15) is 0 Å². The molecule has 2 heteroatoms. The molecule has 2 rings (SSSR count). The van der Waals surface area contributed by atoms with E-state index in [-0.39, 0.29) is 5.91 Å². The molecule has 0 aromatic rings. The SMILES string of the molecule is O=C(NC=C1CC1)C1CC1. The highest BCUT2D eigenvalue weighted by Gasteiger charge is 2.29. The van der Waals surface area contributed by atoms with E-state index in [1.165, 1.54) is 18.4 Å². The van der Waals surface area contributed by atoms with Gasteiger partial charge in [-0.3, -0.25) is 4.79 Å². The molecule has 2 aliphatic carbocycles. The van der Waals surface area contributed by atoms with Gasteiger partial charge in [0.05, 0.1) is 0 Å². The molecule has 0 heterocycles. The molecule has 2 nitrogen and oxygen atoms in total. The van der Waals surface area contributed by atoms with Crippen LogP contribution in [0.15, 0.2) is 11.8 Å². The quantitative estimate of drug-likeness (QED) is 0.608. The summed E-state index contributed by atoms with van der Waals surface area (Å²) >= 11 is 0. The van der Waals surface area contributed by atoms with Gasteiger partial charge in [-0.1, -0.05) is 5.57 Å². The largest absolute Gasteiger partial charge is 0.332 e. The van der Waals surface area contributed by atoms with Gasteiger partial charge in [-0.15, -0.1) is 0 Å². The minimum absolute atomic E-state index is 0.222. The first-order valence-corrected chi connectivity index (χ1v) is 3.84. The molecule has 0 radical (unpaired) electrons. The molecule has 2 aliphatic rings. The number of carbonyl (C=O) groups excluding carboxylic acids is 1. The van der Waals surface area contributed by atoms with Crippen LogP contribution in [0, 0.1) is 5.92 Å². The molecule has 0 spiro atoms. The molecule has 0 aliphatic heterocycles. The van der Waals surface area contributed by atoms with Crippen molar-refractivity contribution in [2.75, 3.05) is 0 Å². The number of nitrogens with one attached hydrogen (secondary N) is 1. The third-order valence-corrected chi connectivity index (χ3v) is 1.91. The Hall–Kier alpha value is -0.790. The van der Waals surface area contributed by atoms with Gasteiger partial charge in [-0.05, 0) is 25.7 Å². The summed E-state index contributed by atoms with van der Waals surface area (Å²) in [4.78, 5) is 11.0. The highest BCUT2D eigenvalue weighted by atomic mass is 16.1. The Morgan fingerprint density at radius 2 is 2.20 bits per heavy atom. The molecular weight excluding hydrogens is 126 g/mol. The molecule has 54 valence electrons. The summed E-state index contributed by atoms with van der Waals surface area (Å²) in [6.07, 6.45) is 6.43. The van der Waals surface area contributed by atoms with Crippen molar-refractivity contribution in [1.82, 2.24) is 5.32 Å². The summed E-state index contributed by atoms with van der Waals surface area (Å²) in [6, 6.07) is 0. The summed E-state index contributed by atoms with van der Waals surface area (Å²) in [5.74, 6) is 0.565. The van der Waals surface area contributed by atoms with Crippen molar-refractivity contribution < 1.29 is 4.79 Å². The predicted octanol–water partition coefficient (Wildman–Crippen LogP) is 1.19. The maximum Gasteiger partial charge on any atom is 0.227 e. The van der Waals surface area contributed by atoms with Crippen molar-refractivity contribution in [3.8, 4) is 0 Å². The highest BCUT2D eigenvalue weighted by molar-refractivity contribution is 5.81. The molecule has 0 saturated heterocycles. The van der Waals surface area contributed by atoms with E-state index >= 15 is 0 Å². The maximum atomic E-state index is 11.0. The molecular formula is C8H11NO. The Labute approximate surface area is 60.3 Å². The van der Waals surface area contributed by atoms with Crippen LogP contribution in [0.1, 0.15) is 25.7 Å². The minimum Gasteiger partial charge on any atom is -0.332 e. The summed E-state index contributed by atoms with van der Waals surface area (Å²) in [5, 5.41) is 2.81. The number of carbonyl (C=O) groups is 1. The number of allylic oxidation sites excluding steroid dienone is 1. The smallest absolute Gasteiger partial charge is 0.227 e. The second kappa shape index (κ2) is 2.11. The van der Waals surface area contributed by atoms with Gasteiger partial charge < -0.3 is 5.32 Å². The standard InChI is InChI=1S/C8H11NO/c10-8(7-3-4-7)9-5-6-1-2-6/h5,7H,1-4H2,(H,9,10). The topological polar surface area (TPSA) is 29.1 Å². The van der Waals surface area contributed by atoms with E-state index < -0.39 is 0 Å². The minimum atomic E-state index is 0.222. The zero-order valence-electron chi connectivity index (χ0n) is 5.89. The molecule has 0 bridgehead atoms. The van der Waals surface area contributed by atoms with Crippen molar-refractivity contribution in [2.45, 2.75) is 25.7 Å². The molecule has 0 unspecified atom stereocenters.